The Morgan fingerprint density at radius 3 is 2.35 bits per heavy atom. The Bertz CT molecular complexity index is 597. The molecular formula is C15H18FN3O. The first-order chi connectivity index (χ1) is 9.56. The molecule has 0 spiro atoms. The molecule has 5 heteroatoms. The molecule has 1 aromatic carbocycles. The molecule has 0 radical (unpaired) electrons. The summed E-state index contributed by atoms with van der Waals surface area (Å²) in [4.78, 5) is 8.81. The van der Waals surface area contributed by atoms with Gasteiger partial charge < -0.3 is 10.4 Å². The van der Waals surface area contributed by atoms with E-state index < -0.39 is 0 Å². The van der Waals surface area contributed by atoms with Crippen LogP contribution in [0.1, 0.15) is 31.0 Å². The first-order valence-corrected chi connectivity index (χ1v) is 6.52. The van der Waals surface area contributed by atoms with E-state index in [4.69, 9.17) is 0 Å². The third-order valence-electron chi connectivity index (χ3n) is 3.09. The van der Waals surface area contributed by atoms with Gasteiger partial charge in [0.25, 0.3) is 0 Å². The molecule has 4 nitrogen and oxygen atoms in total. The van der Waals surface area contributed by atoms with E-state index in [1.54, 1.807) is 19.2 Å². The first-order valence-electron chi connectivity index (χ1n) is 6.52. The molecule has 0 saturated carbocycles. The van der Waals surface area contributed by atoms with E-state index in [2.05, 4.69) is 15.3 Å². The second-order valence-corrected chi connectivity index (χ2v) is 4.83. The molecule has 0 aliphatic carbocycles. The van der Waals surface area contributed by atoms with E-state index in [0.717, 1.165) is 11.3 Å². The average Bonchev–Trinajstić information content (AvgIpc) is 2.46. The van der Waals surface area contributed by atoms with Crippen molar-refractivity contribution in [2.45, 2.75) is 26.4 Å². The van der Waals surface area contributed by atoms with Gasteiger partial charge in [-0.25, -0.2) is 14.4 Å². The number of nitrogens with one attached hydrogen (secondary N) is 1. The molecule has 0 saturated heterocycles. The highest BCUT2D eigenvalue weighted by Crippen LogP contribution is 2.29. The summed E-state index contributed by atoms with van der Waals surface area (Å²) in [6.07, 6.45) is 0. The van der Waals surface area contributed by atoms with Crippen LogP contribution in [0.5, 0.6) is 0 Å². The number of aliphatic hydroxyl groups is 1. The number of rotatable bonds is 4. The second-order valence-electron chi connectivity index (χ2n) is 4.83. The van der Waals surface area contributed by atoms with Gasteiger partial charge in [0, 0.05) is 18.2 Å². The van der Waals surface area contributed by atoms with Crippen LogP contribution in [0.15, 0.2) is 24.3 Å². The Kier molecular flexibility index (Phi) is 4.29. The van der Waals surface area contributed by atoms with Crippen molar-refractivity contribution in [1.29, 1.82) is 0 Å². The molecular weight excluding hydrogens is 257 g/mol. The van der Waals surface area contributed by atoms with Crippen molar-refractivity contribution in [2.24, 2.45) is 0 Å². The quantitative estimate of drug-likeness (QED) is 0.900. The van der Waals surface area contributed by atoms with Gasteiger partial charge in [-0.3, -0.25) is 0 Å². The maximum Gasteiger partial charge on any atom is 0.223 e. The zero-order valence-electron chi connectivity index (χ0n) is 11.8. The molecule has 0 atom stereocenters. The normalized spacial score (nSPS) is 10.9. The summed E-state index contributed by atoms with van der Waals surface area (Å²) >= 11 is 0. The zero-order chi connectivity index (χ0) is 14.7. The van der Waals surface area contributed by atoms with Crippen molar-refractivity contribution < 1.29 is 9.50 Å². The van der Waals surface area contributed by atoms with Crippen LogP contribution in [0, 0.1) is 5.82 Å². The second kappa shape index (κ2) is 5.96. The molecule has 0 aliphatic rings. The van der Waals surface area contributed by atoms with Crippen molar-refractivity contribution in [3.8, 4) is 11.3 Å². The lowest BCUT2D eigenvalue weighted by Crippen LogP contribution is -2.09. The van der Waals surface area contributed by atoms with Crippen LogP contribution in [0.2, 0.25) is 0 Å². The third kappa shape index (κ3) is 2.77. The number of benzene rings is 1. The van der Waals surface area contributed by atoms with Crippen molar-refractivity contribution in [2.75, 3.05) is 12.4 Å². The maximum absolute atomic E-state index is 13.0. The molecule has 0 amide bonds. The molecule has 1 aromatic heterocycles. The minimum absolute atomic E-state index is 0.149. The van der Waals surface area contributed by atoms with Gasteiger partial charge in [0.15, 0.2) is 0 Å². The maximum atomic E-state index is 13.0. The molecule has 0 fully saturated rings. The van der Waals surface area contributed by atoms with Crippen LogP contribution in [-0.2, 0) is 6.61 Å². The topological polar surface area (TPSA) is 58.0 Å². The van der Waals surface area contributed by atoms with Crippen LogP contribution < -0.4 is 5.32 Å². The van der Waals surface area contributed by atoms with Crippen molar-refractivity contribution >= 4 is 5.95 Å². The largest absolute Gasteiger partial charge is 0.392 e. The minimum atomic E-state index is -0.300. The van der Waals surface area contributed by atoms with Crippen LogP contribution in [-0.4, -0.2) is 22.1 Å². The molecule has 106 valence electrons. The fourth-order valence-corrected chi connectivity index (χ4v) is 2.09. The Morgan fingerprint density at radius 2 is 1.85 bits per heavy atom. The van der Waals surface area contributed by atoms with Crippen LogP contribution in [0.25, 0.3) is 11.3 Å². The van der Waals surface area contributed by atoms with E-state index in [-0.39, 0.29) is 18.3 Å². The third-order valence-corrected chi connectivity index (χ3v) is 3.09. The Labute approximate surface area is 117 Å². The van der Waals surface area contributed by atoms with Crippen LogP contribution in [0.3, 0.4) is 0 Å². The lowest BCUT2D eigenvalue weighted by Gasteiger charge is -2.16. The average molecular weight is 275 g/mol. The lowest BCUT2D eigenvalue weighted by atomic mass is 9.99. The molecule has 0 unspecified atom stereocenters. The Morgan fingerprint density at radius 1 is 1.20 bits per heavy atom. The van der Waals surface area contributed by atoms with Gasteiger partial charge in [-0.1, -0.05) is 13.8 Å². The number of nitrogens with zero attached hydrogens (tertiary/aromatic N) is 2. The summed E-state index contributed by atoms with van der Waals surface area (Å²) in [5.41, 5.74) is 2.88. The molecule has 2 aromatic rings. The summed E-state index contributed by atoms with van der Waals surface area (Å²) < 4.78 is 13.0. The first kappa shape index (κ1) is 14.4. The standard InChI is InChI=1S/C15H18FN3O/c1-9(2)13-12(8-20)14(19-15(17-3)18-13)10-4-6-11(16)7-5-10/h4-7,9,20H,8H2,1-3H3,(H,17,18,19). The number of hydrogen-bond donors (Lipinski definition) is 2. The zero-order valence-corrected chi connectivity index (χ0v) is 11.8. The molecule has 2 N–H and O–H groups in total. The summed E-state index contributed by atoms with van der Waals surface area (Å²) in [7, 11) is 1.74. The van der Waals surface area contributed by atoms with Crippen molar-refractivity contribution in [1.82, 2.24) is 9.97 Å². The van der Waals surface area contributed by atoms with E-state index in [0.29, 0.717) is 17.2 Å². The minimum Gasteiger partial charge on any atom is -0.392 e. The Balaban J connectivity index is 2.66. The van der Waals surface area contributed by atoms with Crippen LogP contribution in [0.4, 0.5) is 10.3 Å². The number of hydrogen-bond acceptors (Lipinski definition) is 4. The highest BCUT2D eigenvalue weighted by Gasteiger charge is 2.17. The van der Waals surface area contributed by atoms with Gasteiger partial charge in [0.1, 0.15) is 5.82 Å². The summed E-state index contributed by atoms with van der Waals surface area (Å²) in [6.45, 7) is 3.87. The van der Waals surface area contributed by atoms with E-state index in [1.165, 1.54) is 12.1 Å². The van der Waals surface area contributed by atoms with Gasteiger partial charge >= 0.3 is 0 Å². The van der Waals surface area contributed by atoms with E-state index >= 15 is 0 Å². The highest BCUT2D eigenvalue weighted by atomic mass is 19.1. The molecule has 0 bridgehead atoms. The summed E-state index contributed by atoms with van der Waals surface area (Å²) in [6, 6.07) is 6.07. The van der Waals surface area contributed by atoms with E-state index in [9.17, 15) is 9.50 Å². The lowest BCUT2D eigenvalue weighted by molar-refractivity contribution is 0.279. The summed E-state index contributed by atoms with van der Waals surface area (Å²) in [5, 5.41) is 12.6. The molecule has 0 aliphatic heterocycles. The summed E-state index contributed by atoms with van der Waals surface area (Å²) in [5.74, 6) is 0.350. The molecule has 1 heterocycles. The number of anilines is 1. The predicted octanol–water partition coefficient (Wildman–Crippen LogP) is 2.94. The monoisotopic (exact) mass is 275 g/mol. The number of aliphatic hydroxyl groups excluding tert-OH is 1. The fraction of sp³-hybridized carbons (Fsp3) is 0.333. The fourth-order valence-electron chi connectivity index (χ4n) is 2.09. The smallest absolute Gasteiger partial charge is 0.223 e. The highest BCUT2D eigenvalue weighted by molar-refractivity contribution is 5.65. The van der Waals surface area contributed by atoms with Gasteiger partial charge in [-0.15, -0.1) is 0 Å². The molecule has 2 rings (SSSR count). The van der Waals surface area contributed by atoms with Gasteiger partial charge in [0.2, 0.25) is 5.95 Å². The van der Waals surface area contributed by atoms with Gasteiger partial charge in [0.05, 0.1) is 18.0 Å². The number of aromatic nitrogens is 2. The van der Waals surface area contributed by atoms with Crippen molar-refractivity contribution in [3.63, 3.8) is 0 Å². The van der Waals surface area contributed by atoms with E-state index in [1.807, 2.05) is 13.8 Å². The predicted molar refractivity (Wildman–Crippen MR) is 77.0 cm³/mol. The van der Waals surface area contributed by atoms with Crippen molar-refractivity contribution in [3.05, 3.63) is 41.3 Å². The Hall–Kier alpha value is -2.01. The number of halogens is 1. The van der Waals surface area contributed by atoms with Gasteiger partial charge in [-0.2, -0.15) is 0 Å². The molecule has 20 heavy (non-hydrogen) atoms. The van der Waals surface area contributed by atoms with Gasteiger partial charge in [-0.05, 0) is 30.2 Å². The van der Waals surface area contributed by atoms with Crippen LogP contribution >= 0.6 is 0 Å². The SMILES string of the molecule is CNc1nc(-c2ccc(F)cc2)c(CO)c(C(C)C)n1.